The summed E-state index contributed by atoms with van der Waals surface area (Å²) >= 11 is 0. The Morgan fingerprint density at radius 1 is 0.941 bits per heavy atom. The number of pyridine rings is 1. The summed E-state index contributed by atoms with van der Waals surface area (Å²) in [6.45, 7) is 10.6. The first kappa shape index (κ1) is 22.2. The maximum absolute atomic E-state index is 12.9. The van der Waals surface area contributed by atoms with Crippen LogP contribution in [0.15, 0.2) is 44.1 Å². The predicted octanol–water partition coefficient (Wildman–Crippen LogP) is 4.45. The molecule has 0 atom stereocenters. The SMILES string of the molecule is Cc1oc2c(C)c3oc(=O)c(CCC(=O)N4CCN(c5ccccn5)CC4)c(C)c3cc2c1C. The predicted molar refractivity (Wildman–Crippen MR) is 133 cm³/mol. The Morgan fingerprint density at radius 3 is 2.35 bits per heavy atom. The minimum absolute atomic E-state index is 0.0625. The Morgan fingerprint density at radius 2 is 1.65 bits per heavy atom. The fourth-order valence-electron chi connectivity index (χ4n) is 4.90. The van der Waals surface area contributed by atoms with E-state index in [9.17, 15) is 9.59 Å². The summed E-state index contributed by atoms with van der Waals surface area (Å²) in [6, 6.07) is 7.90. The highest BCUT2D eigenvalue weighted by atomic mass is 16.4. The molecule has 34 heavy (non-hydrogen) atoms. The number of rotatable bonds is 4. The largest absolute Gasteiger partial charge is 0.461 e. The quantitative estimate of drug-likeness (QED) is 0.420. The van der Waals surface area contributed by atoms with Crippen LogP contribution in [0.3, 0.4) is 0 Å². The highest BCUT2D eigenvalue weighted by Crippen LogP contribution is 2.34. The summed E-state index contributed by atoms with van der Waals surface area (Å²) in [6.07, 6.45) is 2.43. The molecule has 1 aliphatic rings. The molecule has 4 heterocycles. The molecule has 5 rings (SSSR count). The normalized spacial score (nSPS) is 14.4. The lowest BCUT2D eigenvalue weighted by atomic mass is 9.98. The molecule has 1 aliphatic heterocycles. The molecule has 0 radical (unpaired) electrons. The Kier molecular flexibility index (Phi) is 5.63. The number of benzene rings is 1. The lowest BCUT2D eigenvalue weighted by molar-refractivity contribution is -0.131. The van der Waals surface area contributed by atoms with E-state index in [1.165, 1.54) is 0 Å². The van der Waals surface area contributed by atoms with E-state index in [4.69, 9.17) is 8.83 Å². The Balaban J connectivity index is 1.34. The average molecular weight is 460 g/mol. The Labute approximate surface area is 198 Å². The van der Waals surface area contributed by atoms with Gasteiger partial charge in [0.2, 0.25) is 5.91 Å². The second-order valence-corrected chi connectivity index (χ2v) is 9.09. The van der Waals surface area contributed by atoms with Crippen LogP contribution in [0.4, 0.5) is 5.82 Å². The van der Waals surface area contributed by atoms with Gasteiger partial charge in [0.05, 0.1) is 0 Å². The molecular formula is C27H29N3O4. The maximum Gasteiger partial charge on any atom is 0.339 e. The van der Waals surface area contributed by atoms with Crippen molar-refractivity contribution in [1.29, 1.82) is 0 Å². The third-order valence-electron chi connectivity index (χ3n) is 7.14. The maximum atomic E-state index is 12.9. The van der Waals surface area contributed by atoms with E-state index in [-0.39, 0.29) is 18.0 Å². The van der Waals surface area contributed by atoms with Crippen LogP contribution in [-0.4, -0.2) is 42.0 Å². The summed E-state index contributed by atoms with van der Waals surface area (Å²) in [5.74, 6) is 1.86. The van der Waals surface area contributed by atoms with E-state index in [2.05, 4.69) is 9.88 Å². The van der Waals surface area contributed by atoms with Gasteiger partial charge in [0.25, 0.3) is 0 Å². The number of nitrogens with zero attached hydrogens (tertiary/aromatic N) is 3. The number of aryl methyl sites for hydroxylation is 4. The number of fused-ring (bicyclic) bond motifs is 2. The molecule has 1 saturated heterocycles. The molecule has 1 amide bonds. The van der Waals surface area contributed by atoms with Gasteiger partial charge in [-0.1, -0.05) is 6.07 Å². The van der Waals surface area contributed by atoms with Crippen LogP contribution in [0, 0.1) is 27.7 Å². The zero-order chi connectivity index (χ0) is 24.0. The van der Waals surface area contributed by atoms with Crippen LogP contribution < -0.4 is 10.5 Å². The van der Waals surface area contributed by atoms with E-state index in [0.717, 1.165) is 57.7 Å². The highest BCUT2D eigenvalue weighted by molar-refractivity contribution is 6.00. The second kappa shape index (κ2) is 8.63. The average Bonchev–Trinajstić information content (AvgIpc) is 3.14. The topological polar surface area (TPSA) is 79.8 Å². The van der Waals surface area contributed by atoms with Gasteiger partial charge in [-0.15, -0.1) is 0 Å². The van der Waals surface area contributed by atoms with Crippen LogP contribution in [-0.2, 0) is 11.2 Å². The van der Waals surface area contributed by atoms with Crippen molar-refractivity contribution < 1.29 is 13.6 Å². The lowest BCUT2D eigenvalue weighted by Gasteiger charge is -2.35. The zero-order valence-electron chi connectivity index (χ0n) is 20.1. The van der Waals surface area contributed by atoms with Gasteiger partial charge in [-0.2, -0.15) is 0 Å². The fraction of sp³-hybridized carbons (Fsp3) is 0.370. The molecule has 0 unspecified atom stereocenters. The van der Waals surface area contributed by atoms with Crippen molar-refractivity contribution in [2.24, 2.45) is 0 Å². The molecule has 3 aromatic heterocycles. The number of carbonyl (C=O) groups excluding carboxylic acids is 1. The molecule has 0 N–H and O–H groups in total. The van der Waals surface area contributed by atoms with Crippen molar-refractivity contribution in [1.82, 2.24) is 9.88 Å². The molecule has 7 nitrogen and oxygen atoms in total. The minimum atomic E-state index is -0.375. The highest BCUT2D eigenvalue weighted by Gasteiger charge is 2.23. The first-order valence-corrected chi connectivity index (χ1v) is 11.7. The number of hydrogen-bond donors (Lipinski definition) is 0. The minimum Gasteiger partial charge on any atom is -0.461 e. The van der Waals surface area contributed by atoms with Crippen LogP contribution in [0.5, 0.6) is 0 Å². The monoisotopic (exact) mass is 459 g/mol. The van der Waals surface area contributed by atoms with Crippen molar-refractivity contribution in [2.45, 2.75) is 40.5 Å². The van der Waals surface area contributed by atoms with Gasteiger partial charge in [-0.05, 0) is 63.4 Å². The van der Waals surface area contributed by atoms with Crippen LogP contribution >= 0.6 is 0 Å². The molecule has 0 spiro atoms. The van der Waals surface area contributed by atoms with E-state index in [1.54, 1.807) is 6.20 Å². The number of carbonyl (C=O) groups is 1. The number of aromatic nitrogens is 1. The molecule has 4 aromatic rings. The molecule has 7 heteroatoms. The standard InChI is InChI=1S/C27H29N3O4/c1-16-19(4)33-25-18(3)26-22(15-21(16)25)17(2)20(27(32)34-26)8-9-24(31)30-13-11-29(12-14-30)23-7-5-6-10-28-23/h5-7,10,15H,8-9,11-14H2,1-4H3. The fourth-order valence-corrected chi connectivity index (χ4v) is 4.90. The van der Waals surface area contributed by atoms with Crippen molar-refractivity contribution in [3.05, 3.63) is 68.9 Å². The van der Waals surface area contributed by atoms with Crippen LogP contribution in [0.2, 0.25) is 0 Å². The second-order valence-electron chi connectivity index (χ2n) is 9.09. The van der Waals surface area contributed by atoms with Gasteiger partial charge < -0.3 is 18.6 Å². The van der Waals surface area contributed by atoms with Crippen LogP contribution in [0.1, 0.15) is 34.4 Å². The lowest BCUT2D eigenvalue weighted by Crippen LogP contribution is -2.49. The zero-order valence-corrected chi connectivity index (χ0v) is 20.1. The van der Waals surface area contributed by atoms with E-state index < -0.39 is 0 Å². The first-order valence-electron chi connectivity index (χ1n) is 11.7. The molecule has 0 saturated carbocycles. The summed E-state index contributed by atoms with van der Waals surface area (Å²) in [5.41, 5.74) is 4.32. The van der Waals surface area contributed by atoms with Gasteiger partial charge in [0.1, 0.15) is 22.7 Å². The number of amides is 1. The number of furan rings is 1. The van der Waals surface area contributed by atoms with Crippen LogP contribution in [0.25, 0.3) is 21.9 Å². The van der Waals surface area contributed by atoms with Gasteiger partial charge >= 0.3 is 5.63 Å². The molecule has 1 aromatic carbocycles. The molecule has 0 aliphatic carbocycles. The molecular weight excluding hydrogens is 430 g/mol. The van der Waals surface area contributed by atoms with Crippen molar-refractivity contribution in [3.63, 3.8) is 0 Å². The third-order valence-corrected chi connectivity index (χ3v) is 7.14. The van der Waals surface area contributed by atoms with Gasteiger partial charge in [0.15, 0.2) is 0 Å². The van der Waals surface area contributed by atoms with Gasteiger partial charge in [-0.25, -0.2) is 9.78 Å². The molecule has 176 valence electrons. The van der Waals surface area contributed by atoms with E-state index >= 15 is 0 Å². The number of hydrogen-bond acceptors (Lipinski definition) is 6. The number of anilines is 1. The number of piperazine rings is 1. The summed E-state index contributed by atoms with van der Waals surface area (Å²) < 4.78 is 11.7. The molecule has 0 bridgehead atoms. The van der Waals surface area contributed by atoms with Crippen molar-refractivity contribution in [3.8, 4) is 0 Å². The Hall–Kier alpha value is -3.61. The summed E-state index contributed by atoms with van der Waals surface area (Å²) in [7, 11) is 0. The third kappa shape index (κ3) is 3.75. The van der Waals surface area contributed by atoms with E-state index in [0.29, 0.717) is 30.7 Å². The molecule has 1 fully saturated rings. The smallest absolute Gasteiger partial charge is 0.339 e. The van der Waals surface area contributed by atoms with Gasteiger partial charge in [0, 0.05) is 60.7 Å². The van der Waals surface area contributed by atoms with Crippen molar-refractivity contribution in [2.75, 3.05) is 31.1 Å². The van der Waals surface area contributed by atoms with Gasteiger partial charge in [-0.3, -0.25) is 4.79 Å². The van der Waals surface area contributed by atoms with Crippen molar-refractivity contribution >= 4 is 33.7 Å². The van der Waals surface area contributed by atoms with E-state index in [1.807, 2.05) is 56.9 Å². The summed E-state index contributed by atoms with van der Waals surface area (Å²) in [4.78, 5) is 34.3. The Bertz CT molecular complexity index is 1440. The first-order chi connectivity index (χ1) is 16.3. The summed E-state index contributed by atoms with van der Waals surface area (Å²) in [5, 5.41) is 1.94.